The van der Waals surface area contributed by atoms with Gasteiger partial charge in [-0.05, 0) is 29.8 Å². The summed E-state index contributed by atoms with van der Waals surface area (Å²) in [4.78, 5) is 16.6. The standard InChI is InChI=1S/C18H13FN4O2S2/c19-12-7-5-11(6-8-12)9-20-16(24)17-23-22-15(27-17)10-26-18-21-13-3-1-2-4-14(13)25-18/h1-8H,9-10H2,(H,20,24). The Morgan fingerprint density at radius 2 is 1.96 bits per heavy atom. The van der Waals surface area contributed by atoms with E-state index in [2.05, 4.69) is 20.5 Å². The highest BCUT2D eigenvalue weighted by molar-refractivity contribution is 7.98. The van der Waals surface area contributed by atoms with Crippen LogP contribution in [-0.4, -0.2) is 21.1 Å². The van der Waals surface area contributed by atoms with Crippen LogP contribution in [0.15, 0.2) is 58.2 Å². The molecule has 27 heavy (non-hydrogen) atoms. The van der Waals surface area contributed by atoms with Gasteiger partial charge >= 0.3 is 0 Å². The third kappa shape index (κ3) is 4.32. The predicted octanol–water partition coefficient (Wildman–Crippen LogP) is 4.04. The van der Waals surface area contributed by atoms with Gasteiger partial charge in [-0.2, -0.15) is 0 Å². The summed E-state index contributed by atoms with van der Waals surface area (Å²) in [5.41, 5.74) is 2.34. The molecule has 136 valence electrons. The first kappa shape index (κ1) is 17.6. The van der Waals surface area contributed by atoms with Gasteiger partial charge in [-0.3, -0.25) is 4.79 Å². The van der Waals surface area contributed by atoms with Crippen molar-refractivity contribution < 1.29 is 13.6 Å². The van der Waals surface area contributed by atoms with E-state index >= 15 is 0 Å². The molecule has 2 heterocycles. The molecule has 0 radical (unpaired) electrons. The van der Waals surface area contributed by atoms with Crippen LogP contribution >= 0.6 is 23.1 Å². The molecule has 0 fully saturated rings. The molecule has 2 aromatic heterocycles. The number of hydrogen-bond acceptors (Lipinski definition) is 7. The Bertz CT molecular complexity index is 1050. The number of carbonyl (C=O) groups is 1. The number of para-hydroxylation sites is 2. The molecule has 0 atom stereocenters. The van der Waals surface area contributed by atoms with E-state index in [0.717, 1.165) is 16.7 Å². The van der Waals surface area contributed by atoms with Crippen molar-refractivity contribution in [2.75, 3.05) is 0 Å². The number of benzene rings is 2. The molecule has 1 N–H and O–H groups in total. The van der Waals surface area contributed by atoms with Gasteiger partial charge < -0.3 is 9.73 Å². The Balaban J connectivity index is 1.33. The molecular weight excluding hydrogens is 387 g/mol. The Morgan fingerprint density at radius 3 is 2.78 bits per heavy atom. The van der Waals surface area contributed by atoms with E-state index in [1.807, 2.05) is 24.3 Å². The minimum Gasteiger partial charge on any atom is -0.431 e. The molecule has 0 aliphatic carbocycles. The lowest BCUT2D eigenvalue weighted by Crippen LogP contribution is -2.22. The third-order valence-corrected chi connectivity index (χ3v) is 5.56. The van der Waals surface area contributed by atoms with Gasteiger partial charge in [0.15, 0.2) is 5.58 Å². The van der Waals surface area contributed by atoms with Gasteiger partial charge in [-0.15, -0.1) is 10.2 Å². The van der Waals surface area contributed by atoms with Crippen LogP contribution < -0.4 is 5.32 Å². The van der Waals surface area contributed by atoms with Crippen LogP contribution in [0.3, 0.4) is 0 Å². The maximum atomic E-state index is 12.9. The number of oxazole rings is 1. The Hall–Kier alpha value is -2.78. The number of hydrogen-bond donors (Lipinski definition) is 1. The number of amides is 1. The minimum absolute atomic E-state index is 0.283. The summed E-state index contributed by atoms with van der Waals surface area (Å²) in [6.07, 6.45) is 0. The number of rotatable bonds is 6. The van der Waals surface area contributed by atoms with Crippen LogP contribution in [0.4, 0.5) is 4.39 Å². The summed E-state index contributed by atoms with van der Waals surface area (Å²) in [6.45, 7) is 0.297. The zero-order chi connectivity index (χ0) is 18.6. The van der Waals surface area contributed by atoms with E-state index in [1.165, 1.54) is 35.2 Å². The first-order valence-corrected chi connectivity index (χ1v) is 9.81. The lowest BCUT2D eigenvalue weighted by Gasteiger charge is -2.02. The normalized spacial score (nSPS) is 11.0. The summed E-state index contributed by atoms with van der Waals surface area (Å²) < 4.78 is 18.5. The molecule has 6 nitrogen and oxygen atoms in total. The highest BCUT2D eigenvalue weighted by Gasteiger charge is 2.14. The molecule has 2 aromatic carbocycles. The number of nitrogens with one attached hydrogen (secondary N) is 1. The monoisotopic (exact) mass is 400 g/mol. The predicted molar refractivity (Wildman–Crippen MR) is 101 cm³/mol. The van der Waals surface area contributed by atoms with Gasteiger partial charge in [0.05, 0.1) is 5.75 Å². The van der Waals surface area contributed by atoms with Crippen molar-refractivity contribution in [1.29, 1.82) is 0 Å². The van der Waals surface area contributed by atoms with Crippen molar-refractivity contribution >= 4 is 40.1 Å². The summed E-state index contributed by atoms with van der Waals surface area (Å²) in [7, 11) is 0. The number of halogens is 1. The SMILES string of the molecule is O=C(NCc1ccc(F)cc1)c1nnc(CSc2nc3ccccc3o2)s1. The molecule has 0 aliphatic rings. The van der Waals surface area contributed by atoms with Crippen molar-refractivity contribution in [2.45, 2.75) is 17.5 Å². The molecule has 0 aliphatic heterocycles. The first-order chi connectivity index (χ1) is 13.2. The molecular formula is C18H13FN4O2S2. The average molecular weight is 400 g/mol. The molecule has 0 spiro atoms. The number of nitrogens with zero attached hydrogens (tertiary/aromatic N) is 3. The molecule has 0 saturated heterocycles. The Kier molecular flexibility index (Phi) is 5.12. The number of aromatic nitrogens is 3. The molecule has 4 aromatic rings. The molecule has 4 rings (SSSR count). The zero-order valence-electron chi connectivity index (χ0n) is 13.9. The van der Waals surface area contributed by atoms with Crippen LogP contribution in [0.5, 0.6) is 0 Å². The van der Waals surface area contributed by atoms with E-state index in [4.69, 9.17) is 4.42 Å². The lowest BCUT2D eigenvalue weighted by molar-refractivity contribution is 0.0950. The minimum atomic E-state index is -0.310. The second-order valence-corrected chi connectivity index (χ2v) is 7.53. The lowest BCUT2D eigenvalue weighted by atomic mass is 10.2. The second kappa shape index (κ2) is 7.85. The maximum absolute atomic E-state index is 12.9. The largest absolute Gasteiger partial charge is 0.431 e. The average Bonchev–Trinajstić information content (AvgIpc) is 3.32. The molecule has 1 amide bonds. The fourth-order valence-corrected chi connectivity index (χ4v) is 3.88. The van der Waals surface area contributed by atoms with E-state index in [1.54, 1.807) is 12.1 Å². The van der Waals surface area contributed by atoms with Crippen molar-refractivity contribution in [3.8, 4) is 0 Å². The summed E-state index contributed by atoms with van der Waals surface area (Å²) in [6, 6.07) is 13.5. The quantitative estimate of drug-likeness (QED) is 0.492. The maximum Gasteiger partial charge on any atom is 0.282 e. The van der Waals surface area contributed by atoms with Crippen LogP contribution in [-0.2, 0) is 12.3 Å². The van der Waals surface area contributed by atoms with Gasteiger partial charge in [0.25, 0.3) is 11.1 Å². The Labute approximate surface area is 161 Å². The van der Waals surface area contributed by atoms with Gasteiger partial charge in [-0.1, -0.05) is 47.4 Å². The summed E-state index contributed by atoms with van der Waals surface area (Å²) >= 11 is 2.62. The van der Waals surface area contributed by atoms with Crippen molar-refractivity contribution in [1.82, 2.24) is 20.5 Å². The van der Waals surface area contributed by atoms with Crippen molar-refractivity contribution in [2.24, 2.45) is 0 Å². The summed E-state index contributed by atoms with van der Waals surface area (Å²) in [5.74, 6) is -0.111. The number of fused-ring (bicyclic) bond motifs is 1. The second-order valence-electron chi connectivity index (χ2n) is 5.55. The smallest absolute Gasteiger partial charge is 0.282 e. The number of thioether (sulfide) groups is 1. The third-order valence-electron chi connectivity index (χ3n) is 3.62. The van der Waals surface area contributed by atoms with E-state index in [0.29, 0.717) is 22.5 Å². The topological polar surface area (TPSA) is 80.9 Å². The highest BCUT2D eigenvalue weighted by Crippen LogP contribution is 2.27. The first-order valence-electron chi connectivity index (χ1n) is 8.01. The van der Waals surface area contributed by atoms with Crippen molar-refractivity contribution in [3.63, 3.8) is 0 Å². The van der Waals surface area contributed by atoms with Gasteiger partial charge in [0.2, 0.25) is 5.01 Å². The van der Waals surface area contributed by atoms with Crippen LogP contribution in [0.1, 0.15) is 20.4 Å². The van der Waals surface area contributed by atoms with Crippen LogP contribution in [0, 0.1) is 5.82 Å². The Morgan fingerprint density at radius 1 is 1.15 bits per heavy atom. The molecule has 0 saturated carbocycles. The molecule has 0 bridgehead atoms. The molecule has 0 unspecified atom stereocenters. The van der Waals surface area contributed by atoms with E-state index in [-0.39, 0.29) is 16.7 Å². The highest BCUT2D eigenvalue weighted by atomic mass is 32.2. The van der Waals surface area contributed by atoms with Gasteiger partial charge in [-0.25, -0.2) is 9.37 Å². The van der Waals surface area contributed by atoms with Gasteiger partial charge in [0, 0.05) is 6.54 Å². The van der Waals surface area contributed by atoms with E-state index in [9.17, 15) is 9.18 Å². The summed E-state index contributed by atoms with van der Waals surface area (Å²) in [5, 5.41) is 12.3. The fourth-order valence-electron chi connectivity index (χ4n) is 2.30. The molecule has 9 heteroatoms. The van der Waals surface area contributed by atoms with Crippen LogP contribution in [0.2, 0.25) is 0 Å². The van der Waals surface area contributed by atoms with Crippen molar-refractivity contribution in [3.05, 3.63) is 69.9 Å². The fraction of sp³-hybridized carbons (Fsp3) is 0.111. The van der Waals surface area contributed by atoms with E-state index < -0.39 is 0 Å². The van der Waals surface area contributed by atoms with Crippen LogP contribution in [0.25, 0.3) is 11.1 Å². The zero-order valence-corrected chi connectivity index (χ0v) is 15.5. The number of carbonyl (C=O) groups excluding carboxylic acids is 1. The van der Waals surface area contributed by atoms with Gasteiger partial charge in [0.1, 0.15) is 16.3 Å².